The lowest BCUT2D eigenvalue weighted by atomic mass is 10.1. The van der Waals surface area contributed by atoms with Gasteiger partial charge in [-0.2, -0.15) is 0 Å². The second-order valence-electron chi connectivity index (χ2n) is 6.23. The molecule has 1 heterocycles. The Hall–Kier alpha value is -3.28. The minimum absolute atomic E-state index is 0.208. The molecule has 0 fully saturated rings. The lowest BCUT2D eigenvalue weighted by Gasteiger charge is -2.13. The number of benzene rings is 2. The van der Waals surface area contributed by atoms with E-state index in [1.54, 1.807) is 25.3 Å². The average molecular weight is 366 g/mol. The number of carbonyl (C=O) groups excluding carboxylic acids is 1. The first kappa shape index (κ1) is 18.5. The highest BCUT2D eigenvalue weighted by atomic mass is 16.5. The van der Waals surface area contributed by atoms with E-state index in [1.807, 2.05) is 45.0 Å². The zero-order valence-electron chi connectivity index (χ0n) is 15.8. The van der Waals surface area contributed by atoms with Gasteiger partial charge in [0.05, 0.1) is 18.4 Å². The minimum Gasteiger partial charge on any atom is -0.493 e. The van der Waals surface area contributed by atoms with Crippen LogP contribution in [0, 0.1) is 20.8 Å². The zero-order chi connectivity index (χ0) is 19.4. The fraction of sp³-hybridized carbons (Fsp3) is 0.238. The van der Waals surface area contributed by atoms with E-state index in [1.165, 1.54) is 0 Å². The second kappa shape index (κ2) is 7.95. The van der Waals surface area contributed by atoms with Crippen LogP contribution in [0.15, 0.2) is 47.0 Å². The quantitative estimate of drug-likeness (QED) is 0.698. The van der Waals surface area contributed by atoms with Gasteiger partial charge >= 0.3 is 0 Å². The second-order valence-corrected chi connectivity index (χ2v) is 6.23. The Labute approximate surface area is 158 Å². The number of ether oxygens (including phenoxy) is 2. The van der Waals surface area contributed by atoms with Crippen molar-refractivity contribution in [3.8, 4) is 11.5 Å². The molecule has 0 saturated heterocycles. The van der Waals surface area contributed by atoms with Gasteiger partial charge in [0, 0.05) is 11.3 Å². The summed E-state index contributed by atoms with van der Waals surface area (Å²) < 4.78 is 16.4. The monoisotopic (exact) mass is 366 g/mol. The van der Waals surface area contributed by atoms with Crippen molar-refractivity contribution in [3.63, 3.8) is 0 Å². The van der Waals surface area contributed by atoms with Crippen LogP contribution in [-0.2, 0) is 6.61 Å². The van der Waals surface area contributed by atoms with E-state index in [0.717, 1.165) is 28.3 Å². The van der Waals surface area contributed by atoms with Crippen LogP contribution in [0.25, 0.3) is 0 Å². The van der Waals surface area contributed by atoms with E-state index < -0.39 is 0 Å². The molecule has 6 nitrogen and oxygen atoms in total. The molecule has 0 aliphatic rings. The third-order valence-corrected chi connectivity index (χ3v) is 4.37. The van der Waals surface area contributed by atoms with Crippen LogP contribution in [0.5, 0.6) is 11.5 Å². The summed E-state index contributed by atoms with van der Waals surface area (Å²) in [6.45, 7) is 5.97. The van der Waals surface area contributed by atoms with Crippen LogP contribution in [0.3, 0.4) is 0 Å². The maximum Gasteiger partial charge on any atom is 0.255 e. The van der Waals surface area contributed by atoms with Crippen LogP contribution in [0.4, 0.5) is 5.69 Å². The fourth-order valence-electron chi connectivity index (χ4n) is 2.69. The third-order valence-electron chi connectivity index (χ3n) is 4.37. The minimum atomic E-state index is -0.208. The topological polar surface area (TPSA) is 73.6 Å². The number of carbonyl (C=O) groups is 1. The standard InChI is InChI=1S/C21H22N2O4/c1-13-7-5-6-8-18(13)22-21(24)16-9-10-19(20(11-16)25-4)26-12-17-14(2)23-27-15(17)3/h5-11H,12H2,1-4H3,(H,22,24). The number of hydrogen-bond acceptors (Lipinski definition) is 5. The van der Waals surface area contributed by atoms with Crippen molar-refractivity contribution >= 4 is 11.6 Å². The number of nitrogens with one attached hydrogen (secondary N) is 1. The number of aromatic nitrogens is 1. The highest BCUT2D eigenvalue weighted by Gasteiger charge is 2.14. The number of hydrogen-bond donors (Lipinski definition) is 1. The first-order valence-electron chi connectivity index (χ1n) is 8.59. The van der Waals surface area contributed by atoms with E-state index in [9.17, 15) is 4.79 Å². The van der Waals surface area contributed by atoms with Crippen LogP contribution >= 0.6 is 0 Å². The molecule has 0 bridgehead atoms. The first-order chi connectivity index (χ1) is 13.0. The Morgan fingerprint density at radius 3 is 2.56 bits per heavy atom. The molecule has 0 saturated carbocycles. The third kappa shape index (κ3) is 4.11. The van der Waals surface area contributed by atoms with E-state index in [4.69, 9.17) is 14.0 Å². The molecule has 0 aliphatic carbocycles. The number of nitrogens with zero attached hydrogens (tertiary/aromatic N) is 1. The first-order valence-corrected chi connectivity index (χ1v) is 8.59. The van der Waals surface area contributed by atoms with Crippen LogP contribution in [0.2, 0.25) is 0 Å². The Balaban J connectivity index is 1.75. The Morgan fingerprint density at radius 2 is 1.89 bits per heavy atom. The van der Waals surface area contributed by atoms with Crippen molar-refractivity contribution in [2.24, 2.45) is 0 Å². The molecule has 3 aromatic rings. The molecular weight excluding hydrogens is 344 g/mol. The molecule has 0 atom stereocenters. The van der Waals surface area contributed by atoms with Gasteiger partial charge in [-0.05, 0) is 50.6 Å². The summed E-state index contributed by atoms with van der Waals surface area (Å²) >= 11 is 0. The van der Waals surface area contributed by atoms with Gasteiger partial charge in [-0.25, -0.2) is 0 Å². The highest BCUT2D eigenvalue weighted by Crippen LogP contribution is 2.30. The molecule has 1 amide bonds. The number of para-hydroxylation sites is 1. The highest BCUT2D eigenvalue weighted by molar-refractivity contribution is 6.05. The number of rotatable bonds is 6. The van der Waals surface area contributed by atoms with Crippen LogP contribution in [0.1, 0.15) is 32.9 Å². The van der Waals surface area contributed by atoms with Gasteiger partial charge in [-0.15, -0.1) is 0 Å². The van der Waals surface area contributed by atoms with Crippen LogP contribution in [-0.4, -0.2) is 18.2 Å². The Morgan fingerprint density at radius 1 is 1.11 bits per heavy atom. The molecule has 0 aliphatic heterocycles. The molecule has 3 rings (SSSR count). The zero-order valence-corrected chi connectivity index (χ0v) is 15.8. The largest absolute Gasteiger partial charge is 0.493 e. The van der Waals surface area contributed by atoms with E-state index >= 15 is 0 Å². The molecule has 0 unspecified atom stereocenters. The number of amides is 1. The Kier molecular flexibility index (Phi) is 5.45. The molecule has 0 radical (unpaired) electrons. The molecule has 27 heavy (non-hydrogen) atoms. The smallest absolute Gasteiger partial charge is 0.255 e. The van der Waals surface area contributed by atoms with Gasteiger partial charge < -0.3 is 19.3 Å². The molecule has 6 heteroatoms. The van der Waals surface area contributed by atoms with Gasteiger partial charge in [-0.3, -0.25) is 4.79 Å². The van der Waals surface area contributed by atoms with Crippen molar-refractivity contribution in [1.82, 2.24) is 5.16 Å². The summed E-state index contributed by atoms with van der Waals surface area (Å²) in [5, 5.41) is 6.83. The number of methoxy groups -OCH3 is 1. The van der Waals surface area contributed by atoms with Gasteiger partial charge in [0.1, 0.15) is 12.4 Å². The predicted octanol–water partition coefficient (Wildman–Crippen LogP) is 4.44. The fourth-order valence-corrected chi connectivity index (χ4v) is 2.69. The van der Waals surface area contributed by atoms with Crippen molar-refractivity contribution in [2.45, 2.75) is 27.4 Å². The van der Waals surface area contributed by atoms with Gasteiger partial charge in [-0.1, -0.05) is 23.4 Å². The summed E-state index contributed by atoms with van der Waals surface area (Å²) in [5.74, 6) is 1.55. The van der Waals surface area contributed by atoms with Gasteiger partial charge in [0.15, 0.2) is 11.5 Å². The SMILES string of the molecule is COc1cc(C(=O)Nc2ccccc2C)ccc1OCc1c(C)noc1C. The number of aryl methyl sites for hydroxylation is 3. The normalized spacial score (nSPS) is 10.5. The lowest BCUT2D eigenvalue weighted by Crippen LogP contribution is -2.13. The lowest BCUT2D eigenvalue weighted by molar-refractivity contribution is 0.102. The van der Waals surface area contributed by atoms with Crippen molar-refractivity contribution in [1.29, 1.82) is 0 Å². The molecular formula is C21H22N2O4. The van der Waals surface area contributed by atoms with E-state index in [0.29, 0.717) is 23.7 Å². The van der Waals surface area contributed by atoms with E-state index in [2.05, 4.69) is 10.5 Å². The predicted molar refractivity (Wildman–Crippen MR) is 102 cm³/mol. The molecule has 140 valence electrons. The van der Waals surface area contributed by atoms with Crippen molar-refractivity contribution < 1.29 is 18.8 Å². The summed E-state index contributed by atoms with van der Waals surface area (Å²) in [7, 11) is 1.54. The summed E-state index contributed by atoms with van der Waals surface area (Å²) in [5.41, 5.74) is 3.95. The maximum atomic E-state index is 12.6. The summed E-state index contributed by atoms with van der Waals surface area (Å²) in [6, 6.07) is 12.7. The summed E-state index contributed by atoms with van der Waals surface area (Å²) in [4.78, 5) is 12.6. The summed E-state index contributed by atoms with van der Waals surface area (Å²) in [6.07, 6.45) is 0. The average Bonchev–Trinajstić information content (AvgIpc) is 2.99. The molecule has 0 spiro atoms. The molecule has 1 aromatic heterocycles. The van der Waals surface area contributed by atoms with E-state index in [-0.39, 0.29) is 5.91 Å². The van der Waals surface area contributed by atoms with Crippen LogP contribution < -0.4 is 14.8 Å². The van der Waals surface area contributed by atoms with Crippen molar-refractivity contribution in [3.05, 3.63) is 70.6 Å². The van der Waals surface area contributed by atoms with Gasteiger partial charge in [0.25, 0.3) is 5.91 Å². The molecule has 2 aromatic carbocycles. The molecule has 1 N–H and O–H groups in total. The van der Waals surface area contributed by atoms with Gasteiger partial charge in [0.2, 0.25) is 0 Å². The van der Waals surface area contributed by atoms with Crippen molar-refractivity contribution in [2.75, 3.05) is 12.4 Å². The number of anilines is 1. The maximum absolute atomic E-state index is 12.6. The Bertz CT molecular complexity index is 943.